The van der Waals surface area contributed by atoms with Crippen molar-refractivity contribution in [2.24, 2.45) is 0 Å². The second-order valence-electron chi connectivity index (χ2n) is 8.48. The summed E-state index contributed by atoms with van der Waals surface area (Å²) in [5.41, 5.74) is 3.47. The molecule has 3 aromatic rings. The van der Waals surface area contributed by atoms with Crippen LogP contribution in [0.1, 0.15) is 25.0 Å². The van der Waals surface area contributed by atoms with Crippen LogP contribution in [0.15, 0.2) is 77.7 Å². The molecule has 0 saturated heterocycles. The van der Waals surface area contributed by atoms with Crippen molar-refractivity contribution in [3.05, 3.63) is 83.9 Å². The number of fused-ring (bicyclic) bond motifs is 1. The zero-order valence-electron chi connectivity index (χ0n) is 20.3. The van der Waals surface area contributed by atoms with Gasteiger partial charge in [-0.15, -0.1) is 0 Å². The Kier molecular flexibility index (Phi) is 7.31. The van der Waals surface area contributed by atoms with Crippen molar-refractivity contribution in [3.8, 4) is 5.75 Å². The number of anilines is 2. The average molecular weight is 494 g/mol. The first-order valence-electron chi connectivity index (χ1n) is 11.8. The molecule has 0 bridgehead atoms. The number of amides is 1. The van der Waals surface area contributed by atoms with Crippen LogP contribution in [0, 0.1) is 6.92 Å². The fourth-order valence-electron chi connectivity index (χ4n) is 4.12. The van der Waals surface area contributed by atoms with E-state index in [1.165, 1.54) is 4.31 Å². The zero-order chi connectivity index (χ0) is 25.0. The lowest BCUT2D eigenvalue weighted by atomic mass is 10.1. The first kappa shape index (κ1) is 24.6. The Hall–Kier alpha value is -3.52. The fourth-order valence-corrected chi connectivity index (χ4v) is 5.60. The summed E-state index contributed by atoms with van der Waals surface area (Å²) >= 11 is 0. The van der Waals surface area contributed by atoms with Crippen molar-refractivity contribution in [1.82, 2.24) is 5.32 Å². The highest BCUT2D eigenvalue weighted by Crippen LogP contribution is 2.36. The number of carbonyl (C=O) groups excluding carboxylic acids is 1. The van der Waals surface area contributed by atoms with Crippen molar-refractivity contribution in [2.75, 3.05) is 28.8 Å². The Labute approximate surface area is 207 Å². The van der Waals surface area contributed by atoms with Gasteiger partial charge in [-0.2, -0.15) is 0 Å². The van der Waals surface area contributed by atoms with Crippen LogP contribution in [-0.2, 0) is 21.4 Å². The Morgan fingerprint density at radius 3 is 2.31 bits per heavy atom. The SMILES string of the molecule is CCN(CC)c1ccc(CNC(=O)C2CN(S(=O)(=O)c3ccc(C)cc3)c3ccccc3O2)cc1. The highest BCUT2D eigenvalue weighted by molar-refractivity contribution is 7.92. The van der Waals surface area contributed by atoms with E-state index in [0.29, 0.717) is 18.0 Å². The second-order valence-corrected chi connectivity index (χ2v) is 10.3. The molecule has 1 heterocycles. The number of benzene rings is 3. The summed E-state index contributed by atoms with van der Waals surface area (Å²) in [6, 6.07) is 21.6. The summed E-state index contributed by atoms with van der Waals surface area (Å²) in [5, 5.41) is 2.90. The zero-order valence-corrected chi connectivity index (χ0v) is 21.1. The monoisotopic (exact) mass is 493 g/mol. The first-order chi connectivity index (χ1) is 16.8. The number of carbonyl (C=O) groups is 1. The number of rotatable bonds is 8. The van der Waals surface area contributed by atoms with Gasteiger partial charge in [0.25, 0.3) is 15.9 Å². The Balaban J connectivity index is 1.51. The molecule has 0 aromatic heterocycles. The number of para-hydroxylation sites is 2. The third-order valence-electron chi connectivity index (χ3n) is 6.17. The Morgan fingerprint density at radius 2 is 1.66 bits per heavy atom. The largest absolute Gasteiger partial charge is 0.476 e. The number of hydrogen-bond acceptors (Lipinski definition) is 5. The maximum Gasteiger partial charge on any atom is 0.264 e. The van der Waals surface area contributed by atoms with Crippen LogP contribution < -0.4 is 19.3 Å². The van der Waals surface area contributed by atoms with Gasteiger partial charge >= 0.3 is 0 Å². The lowest BCUT2D eigenvalue weighted by Gasteiger charge is -2.34. The molecule has 0 saturated carbocycles. The molecule has 0 radical (unpaired) electrons. The highest BCUT2D eigenvalue weighted by Gasteiger charge is 2.37. The molecular weight excluding hydrogens is 462 g/mol. The summed E-state index contributed by atoms with van der Waals surface area (Å²) in [7, 11) is -3.88. The van der Waals surface area contributed by atoms with Crippen molar-refractivity contribution in [3.63, 3.8) is 0 Å². The van der Waals surface area contributed by atoms with Crippen LogP contribution >= 0.6 is 0 Å². The molecule has 3 aromatic carbocycles. The standard InChI is InChI=1S/C27H31N3O4S/c1-4-29(5-2)22-14-12-21(13-15-22)18-28-27(31)26-19-30(24-8-6-7-9-25(24)34-26)35(32,33)23-16-10-20(3)11-17-23/h6-17,26H,4-5,18-19H2,1-3H3,(H,28,31). The predicted molar refractivity (Wildman–Crippen MR) is 138 cm³/mol. The van der Waals surface area contributed by atoms with Gasteiger partial charge in [0, 0.05) is 25.3 Å². The molecule has 1 aliphatic heterocycles. The van der Waals surface area contributed by atoms with Crippen molar-refractivity contribution < 1.29 is 17.9 Å². The molecule has 0 aliphatic carbocycles. The van der Waals surface area contributed by atoms with Gasteiger partial charge in [0.15, 0.2) is 6.10 Å². The summed E-state index contributed by atoms with van der Waals surface area (Å²) in [6.45, 7) is 8.19. The van der Waals surface area contributed by atoms with Gasteiger partial charge in [-0.3, -0.25) is 9.10 Å². The molecule has 1 aliphatic rings. The summed E-state index contributed by atoms with van der Waals surface area (Å²) in [4.78, 5) is 15.5. The van der Waals surface area contributed by atoms with E-state index < -0.39 is 16.1 Å². The molecule has 0 spiro atoms. The van der Waals surface area contributed by atoms with Gasteiger partial charge in [-0.1, -0.05) is 42.0 Å². The molecule has 0 fully saturated rings. The molecule has 1 unspecified atom stereocenters. The summed E-state index contributed by atoms with van der Waals surface area (Å²) < 4.78 is 34.1. The van der Waals surface area contributed by atoms with Gasteiger partial charge in [0.1, 0.15) is 5.75 Å². The van der Waals surface area contributed by atoms with Gasteiger partial charge in [-0.25, -0.2) is 8.42 Å². The molecule has 1 amide bonds. The maximum atomic E-state index is 13.5. The van der Waals surface area contributed by atoms with E-state index in [0.717, 1.165) is 29.9 Å². The van der Waals surface area contributed by atoms with Gasteiger partial charge in [-0.05, 0) is 62.7 Å². The summed E-state index contributed by atoms with van der Waals surface area (Å²) in [5.74, 6) is -0.00501. The lowest BCUT2D eigenvalue weighted by Crippen LogP contribution is -2.50. The van der Waals surface area contributed by atoms with Crippen molar-refractivity contribution in [2.45, 2.75) is 38.3 Å². The molecule has 184 valence electrons. The normalized spacial score (nSPS) is 15.2. The van der Waals surface area contributed by atoms with Crippen LogP contribution in [0.5, 0.6) is 5.75 Å². The number of sulfonamides is 1. The van der Waals surface area contributed by atoms with E-state index in [-0.39, 0.29) is 17.3 Å². The summed E-state index contributed by atoms with van der Waals surface area (Å²) in [6.07, 6.45) is -0.972. The minimum atomic E-state index is -3.88. The van der Waals surface area contributed by atoms with Crippen molar-refractivity contribution >= 4 is 27.3 Å². The minimum Gasteiger partial charge on any atom is -0.476 e. The maximum absolute atomic E-state index is 13.5. The van der Waals surface area contributed by atoms with E-state index in [1.54, 1.807) is 48.5 Å². The average Bonchev–Trinajstić information content (AvgIpc) is 2.88. The van der Waals surface area contributed by atoms with Gasteiger partial charge in [0.05, 0.1) is 17.1 Å². The van der Waals surface area contributed by atoms with E-state index in [1.807, 2.05) is 31.2 Å². The van der Waals surface area contributed by atoms with Crippen LogP contribution in [0.25, 0.3) is 0 Å². The highest BCUT2D eigenvalue weighted by atomic mass is 32.2. The topological polar surface area (TPSA) is 79.0 Å². The smallest absolute Gasteiger partial charge is 0.264 e. The molecular formula is C27H31N3O4S. The molecule has 1 N–H and O–H groups in total. The van der Waals surface area contributed by atoms with Crippen molar-refractivity contribution in [1.29, 1.82) is 0 Å². The van der Waals surface area contributed by atoms with E-state index in [4.69, 9.17) is 4.74 Å². The molecule has 8 heteroatoms. The Bertz CT molecular complexity index is 1270. The number of nitrogens with zero attached hydrogens (tertiary/aromatic N) is 2. The molecule has 35 heavy (non-hydrogen) atoms. The minimum absolute atomic E-state index is 0.111. The third-order valence-corrected chi connectivity index (χ3v) is 7.96. The van der Waals surface area contributed by atoms with Crippen LogP contribution in [0.4, 0.5) is 11.4 Å². The third kappa shape index (κ3) is 5.27. The number of aryl methyl sites for hydroxylation is 1. The van der Waals surface area contributed by atoms with E-state index >= 15 is 0 Å². The quantitative estimate of drug-likeness (QED) is 0.511. The van der Waals surface area contributed by atoms with Crippen LogP contribution in [0.2, 0.25) is 0 Å². The fraction of sp³-hybridized carbons (Fsp3) is 0.296. The predicted octanol–water partition coefficient (Wildman–Crippen LogP) is 4.11. The Morgan fingerprint density at radius 1 is 1.00 bits per heavy atom. The van der Waals surface area contributed by atoms with Crippen LogP contribution in [0.3, 0.4) is 0 Å². The number of ether oxygens (including phenoxy) is 1. The van der Waals surface area contributed by atoms with Gasteiger partial charge in [0.2, 0.25) is 0 Å². The molecule has 7 nitrogen and oxygen atoms in total. The lowest BCUT2D eigenvalue weighted by molar-refractivity contribution is -0.127. The van der Waals surface area contributed by atoms with E-state index in [9.17, 15) is 13.2 Å². The first-order valence-corrected chi connectivity index (χ1v) is 13.2. The number of hydrogen-bond donors (Lipinski definition) is 1. The molecule has 1 atom stereocenters. The van der Waals surface area contributed by atoms with Gasteiger partial charge < -0.3 is 15.0 Å². The second kappa shape index (κ2) is 10.4. The number of nitrogens with one attached hydrogen (secondary N) is 1. The van der Waals surface area contributed by atoms with Crippen LogP contribution in [-0.4, -0.2) is 40.1 Å². The molecule has 4 rings (SSSR count). The van der Waals surface area contributed by atoms with E-state index in [2.05, 4.69) is 24.1 Å².